The van der Waals surface area contributed by atoms with E-state index in [1.807, 2.05) is 18.2 Å². The third-order valence-electron chi connectivity index (χ3n) is 2.42. The van der Waals surface area contributed by atoms with E-state index in [2.05, 4.69) is 21.6 Å². The lowest BCUT2D eigenvalue weighted by atomic mass is 10.1. The average Bonchev–Trinajstić information content (AvgIpc) is 2.36. The van der Waals surface area contributed by atoms with Crippen molar-refractivity contribution in [2.45, 2.75) is 13.3 Å². The molecule has 1 heterocycles. The van der Waals surface area contributed by atoms with Crippen molar-refractivity contribution in [2.24, 2.45) is 0 Å². The molecule has 82 valence electrons. The van der Waals surface area contributed by atoms with Crippen LogP contribution in [0.4, 0.5) is 0 Å². The topological polar surface area (TPSA) is 52.1 Å². The fourth-order valence-corrected chi connectivity index (χ4v) is 1.48. The summed E-state index contributed by atoms with van der Waals surface area (Å²) in [6.45, 7) is 2.07. The number of carbonyl (C=O) groups is 1. The van der Waals surface area contributed by atoms with Gasteiger partial charge in [-0.2, -0.15) is 0 Å². The number of hydrogen-bond acceptors (Lipinski definition) is 4. The van der Waals surface area contributed by atoms with Gasteiger partial charge in [0.05, 0.1) is 12.6 Å². The summed E-state index contributed by atoms with van der Waals surface area (Å²) in [5.74, 6) is -0.410. The number of aromatic nitrogens is 2. The number of rotatable bonds is 2. The van der Waals surface area contributed by atoms with Crippen molar-refractivity contribution in [2.75, 3.05) is 7.11 Å². The Morgan fingerprint density at radius 1 is 1.44 bits per heavy atom. The van der Waals surface area contributed by atoms with E-state index in [0.717, 1.165) is 17.3 Å². The molecule has 16 heavy (non-hydrogen) atoms. The Hall–Kier alpha value is -1.97. The first-order valence-electron chi connectivity index (χ1n) is 5.08. The second-order valence-corrected chi connectivity index (χ2v) is 3.43. The van der Waals surface area contributed by atoms with Crippen LogP contribution in [0.5, 0.6) is 0 Å². The normalized spacial score (nSPS) is 10.4. The summed E-state index contributed by atoms with van der Waals surface area (Å²) >= 11 is 0. The van der Waals surface area contributed by atoms with Crippen LogP contribution < -0.4 is 0 Å². The smallest absolute Gasteiger partial charge is 0.376 e. The zero-order valence-corrected chi connectivity index (χ0v) is 9.23. The molecule has 0 radical (unpaired) electrons. The summed E-state index contributed by atoms with van der Waals surface area (Å²) in [5.41, 5.74) is 1.96. The molecule has 0 unspecified atom stereocenters. The van der Waals surface area contributed by atoms with E-state index in [1.165, 1.54) is 12.7 Å². The first-order chi connectivity index (χ1) is 7.74. The van der Waals surface area contributed by atoms with Crippen LogP contribution >= 0.6 is 0 Å². The van der Waals surface area contributed by atoms with Gasteiger partial charge >= 0.3 is 5.97 Å². The van der Waals surface area contributed by atoms with E-state index < -0.39 is 5.97 Å². The Balaban J connectivity index is 2.54. The van der Waals surface area contributed by atoms with Crippen LogP contribution in [0.2, 0.25) is 0 Å². The lowest BCUT2D eigenvalue weighted by Crippen LogP contribution is -2.07. The van der Waals surface area contributed by atoms with E-state index in [-0.39, 0.29) is 5.82 Å². The molecule has 0 aliphatic rings. The molecule has 0 saturated carbocycles. The molecule has 0 amide bonds. The summed E-state index contributed by atoms with van der Waals surface area (Å²) in [6.07, 6.45) is 2.57. The number of benzene rings is 1. The maximum absolute atomic E-state index is 11.3. The van der Waals surface area contributed by atoms with Gasteiger partial charge in [-0.1, -0.05) is 19.1 Å². The molecular formula is C12H12N2O2. The number of hydrogen-bond donors (Lipinski definition) is 0. The minimum atomic E-state index is -0.510. The number of fused-ring (bicyclic) bond motifs is 1. The van der Waals surface area contributed by atoms with Gasteiger partial charge in [0, 0.05) is 11.6 Å². The molecule has 0 spiro atoms. The van der Waals surface area contributed by atoms with Crippen LogP contribution in [0, 0.1) is 0 Å². The summed E-state index contributed by atoms with van der Waals surface area (Å²) in [4.78, 5) is 19.4. The second-order valence-electron chi connectivity index (χ2n) is 3.43. The minimum absolute atomic E-state index is 0.100. The average molecular weight is 216 g/mol. The van der Waals surface area contributed by atoms with Gasteiger partial charge < -0.3 is 4.74 Å². The van der Waals surface area contributed by atoms with Crippen LogP contribution in [-0.2, 0) is 11.2 Å². The third-order valence-corrected chi connectivity index (χ3v) is 2.42. The molecular weight excluding hydrogens is 204 g/mol. The Labute approximate surface area is 93.3 Å². The molecule has 1 aromatic carbocycles. The molecule has 2 aromatic rings. The number of carbonyl (C=O) groups excluding carboxylic acids is 1. The summed E-state index contributed by atoms with van der Waals surface area (Å²) in [5, 5.41) is 0.921. The number of methoxy groups -OCH3 is 1. The molecule has 2 rings (SSSR count). The Bertz CT molecular complexity index is 538. The van der Waals surface area contributed by atoms with Gasteiger partial charge in [-0.05, 0) is 18.1 Å². The third kappa shape index (κ3) is 1.86. The Morgan fingerprint density at radius 2 is 2.25 bits per heavy atom. The second kappa shape index (κ2) is 4.26. The van der Waals surface area contributed by atoms with E-state index in [4.69, 9.17) is 0 Å². The highest BCUT2D eigenvalue weighted by atomic mass is 16.5. The first-order valence-corrected chi connectivity index (χ1v) is 5.08. The predicted octanol–water partition coefficient (Wildman–Crippen LogP) is 1.98. The van der Waals surface area contributed by atoms with Crippen LogP contribution in [0.15, 0.2) is 24.4 Å². The molecule has 4 heteroatoms. The fourth-order valence-electron chi connectivity index (χ4n) is 1.48. The van der Waals surface area contributed by atoms with Crippen molar-refractivity contribution in [3.8, 4) is 0 Å². The van der Waals surface area contributed by atoms with Gasteiger partial charge in [0.15, 0.2) is 0 Å². The maximum atomic E-state index is 11.3. The number of nitrogens with zero attached hydrogens (tertiary/aromatic N) is 2. The van der Waals surface area contributed by atoms with Gasteiger partial charge in [0.2, 0.25) is 5.82 Å². The summed E-state index contributed by atoms with van der Waals surface area (Å²) in [7, 11) is 1.32. The number of aryl methyl sites for hydroxylation is 1. The molecule has 0 aliphatic carbocycles. The molecule has 0 aliphatic heterocycles. The highest BCUT2D eigenvalue weighted by Crippen LogP contribution is 2.13. The quantitative estimate of drug-likeness (QED) is 0.720. The molecule has 0 saturated heterocycles. The highest BCUT2D eigenvalue weighted by Gasteiger charge is 2.09. The molecule has 0 bridgehead atoms. The largest absolute Gasteiger partial charge is 0.463 e. The Kier molecular flexibility index (Phi) is 2.81. The van der Waals surface area contributed by atoms with E-state index in [0.29, 0.717) is 0 Å². The molecule has 0 atom stereocenters. The lowest BCUT2D eigenvalue weighted by Gasteiger charge is -2.02. The van der Waals surface area contributed by atoms with Gasteiger partial charge in [-0.15, -0.1) is 0 Å². The monoisotopic (exact) mass is 216 g/mol. The van der Waals surface area contributed by atoms with Crippen molar-refractivity contribution in [3.05, 3.63) is 35.8 Å². The zero-order valence-electron chi connectivity index (χ0n) is 9.23. The van der Waals surface area contributed by atoms with E-state index in [1.54, 1.807) is 6.20 Å². The van der Waals surface area contributed by atoms with E-state index >= 15 is 0 Å². The molecule has 0 N–H and O–H groups in total. The van der Waals surface area contributed by atoms with Gasteiger partial charge in [0.25, 0.3) is 0 Å². The van der Waals surface area contributed by atoms with Crippen LogP contribution in [0.25, 0.3) is 10.9 Å². The van der Waals surface area contributed by atoms with Crippen molar-refractivity contribution in [1.82, 2.24) is 9.97 Å². The SMILES string of the molecule is CCc1ccc2cnc(C(=O)OC)nc2c1. The van der Waals surface area contributed by atoms with Crippen LogP contribution in [-0.4, -0.2) is 23.0 Å². The van der Waals surface area contributed by atoms with Crippen molar-refractivity contribution >= 4 is 16.9 Å². The molecule has 0 fully saturated rings. The van der Waals surface area contributed by atoms with Crippen LogP contribution in [0.3, 0.4) is 0 Å². The number of esters is 1. The fraction of sp³-hybridized carbons (Fsp3) is 0.250. The molecule has 4 nitrogen and oxygen atoms in total. The van der Waals surface area contributed by atoms with E-state index in [9.17, 15) is 4.79 Å². The maximum Gasteiger partial charge on any atom is 0.376 e. The Morgan fingerprint density at radius 3 is 2.94 bits per heavy atom. The summed E-state index contributed by atoms with van der Waals surface area (Å²) in [6, 6.07) is 5.95. The minimum Gasteiger partial charge on any atom is -0.463 e. The van der Waals surface area contributed by atoms with Crippen molar-refractivity contribution in [3.63, 3.8) is 0 Å². The zero-order chi connectivity index (χ0) is 11.5. The molecule has 1 aromatic heterocycles. The van der Waals surface area contributed by atoms with Gasteiger partial charge in [0.1, 0.15) is 0 Å². The predicted molar refractivity (Wildman–Crippen MR) is 60.3 cm³/mol. The van der Waals surface area contributed by atoms with Gasteiger partial charge in [-0.3, -0.25) is 0 Å². The van der Waals surface area contributed by atoms with Crippen molar-refractivity contribution in [1.29, 1.82) is 0 Å². The summed E-state index contributed by atoms with van der Waals surface area (Å²) < 4.78 is 4.58. The lowest BCUT2D eigenvalue weighted by molar-refractivity contribution is 0.0587. The van der Waals surface area contributed by atoms with Gasteiger partial charge in [-0.25, -0.2) is 14.8 Å². The first kappa shape index (κ1) is 10.5. The number of ether oxygens (including phenoxy) is 1. The highest BCUT2D eigenvalue weighted by molar-refractivity contribution is 5.88. The van der Waals surface area contributed by atoms with Crippen molar-refractivity contribution < 1.29 is 9.53 Å². The van der Waals surface area contributed by atoms with Crippen LogP contribution in [0.1, 0.15) is 23.1 Å². The standard InChI is InChI=1S/C12H12N2O2/c1-3-8-4-5-9-7-13-11(12(15)16-2)14-10(9)6-8/h4-7H,3H2,1-2H3.